The molecule has 0 aliphatic rings. The first-order valence-corrected chi connectivity index (χ1v) is 5.60. The van der Waals surface area contributed by atoms with Crippen LogP contribution in [-0.2, 0) is 9.53 Å². The predicted octanol–water partition coefficient (Wildman–Crippen LogP) is 2.01. The van der Waals surface area contributed by atoms with E-state index >= 15 is 0 Å². The Kier molecular flexibility index (Phi) is 8.24. The molecule has 4 heteroatoms. The van der Waals surface area contributed by atoms with E-state index in [9.17, 15) is 4.79 Å². The van der Waals surface area contributed by atoms with Crippen molar-refractivity contribution in [3.05, 3.63) is 0 Å². The minimum Gasteiger partial charge on any atom is -0.480 e. The Morgan fingerprint density at radius 3 is 2.77 bits per heavy atom. The smallest absolute Gasteiger partial charge is 0.316 e. The Bertz CT molecular complexity index is 139. The van der Waals surface area contributed by atoms with E-state index in [0.717, 1.165) is 25.0 Å². The van der Waals surface area contributed by atoms with Crippen molar-refractivity contribution in [1.82, 2.24) is 0 Å². The number of carboxylic acids is 1. The zero-order valence-corrected chi connectivity index (χ0v) is 9.10. The van der Waals surface area contributed by atoms with Crippen LogP contribution in [0.15, 0.2) is 0 Å². The maximum Gasteiger partial charge on any atom is 0.316 e. The number of thioether (sulfide) groups is 1. The van der Waals surface area contributed by atoms with Gasteiger partial charge in [0.05, 0.1) is 6.61 Å². The van der Waals surface area contributed by atoms with E-state index in [0.29, 0.717) is 6.61 Å². The van der Waals surface area contributed by atoms with Gasteiger partial charge in [0.1, 0.15) is 5.25 Å². The van der Waals surface area contributed by atoms with Crippen molar-refractivity contribution in [3.63, 3.8) is 0 Å². The SMILES string of the molecule is CCCCC(SCCOC)C(=O)O. The fourth-order valence-corrected chi connectivity index (χ4v) is 1.96. The summed E-state index contributed by atoms with van der Waals surface area (Å²) in [6.07, 6.45) is 2.80. The van der Waals surface area contributed by atoms with Gasteiger partial charge in [0.25, 0.3) is 0 Å². The quantitative estimate of drug-likeness (QED) is 0.617. The fourth-order valence-electron chi connectivity index (χ4n) is 0.941. The topological polar surface area (TPSA) is 46.5 Å². The van der Waals surface area contributed by atoms with Gasteiger partial charge in [0.15, 0.2) is 0 Å². The van der Waals surface area contributed by atoms with Crippen LogP contribution in [-0.4, -0.2) is 35.8 Å². The van der Waals surface area contributed by atoms with Gasteiger partial charge in [0.2, 0.25) is 0 Å². The summed E-state index contributed by atoms with van der Waals surface area (Å²) in [5, 5.41) is 8.58. The van der Waals surface area contributed by atoms with Gasteiger partial charge in [-0.1, -0.05) is 19.8 Å². The van der Waals surface area contributed by atoms with Crippen LogP contribution in [0.3, 0.4) is 0 Å². The molecule has 0 heterocycles. The molecule has 0 aliphatic heterocycles. The third kappa shape index (κ3) is 6.90. The molecule has 0 aromatic carbocycles. The van der Waals surface area contributed by atoms with E-state index < -0.39 is 5.97 Å². The van der Waals surface area contributed by atoms with Crippen molar-refractivity contribution in [2.24, 2.45) is 0 Å². The average molecular weight is 206 g/mol. The van der Waals surface area contributed by atoms with Crippen LogP contribution in [0.2, 0.25) is 0 Å². The van der Waals surface area contributed by atoms with Crippen LogP contribution in [0, 0.1) is 0 Å². The van der Waals surface area contributed by atoms with Crippen molar-refractivity contribution < 1.29 is 14.6 Å². The summed E-state index contributed by atoms with van der Waals surface area (Å²) in [6.45, 7) is 2.69. The van der Waals surface area contributed by atoms with Gasteiger partial charge in [-0.15, -0.1) is 11.8 Å². The molecule has 0 spiro atoms. The number of hydrogen-bond donors (Lipinski definition) is 1. The zero-order valence-electron chi connectivity index (χ0n) is 8.28. The maximum absolute atomic E-state index is 10.7. The molecule has 0 fully saturated rings. The number of methoxy groups -OCH3 is 1. The second kappa shape index (κ2) is 8.38. The minimum absolute atomic E-state index is 0.255. The molecule has 3 nitrogen and oxygen atoms in total. The van der Waals surface area contributed by atoms with Crippen LogP contribution < -0.4 is 0 Å². The van der Waals surface area contributed by atoms with E-state index in [2.05, 4.69) is 6.92 Å². The molecule has 1 atom stereocenters. The lowest BCUT2D eigenvalue weighted by Crippen LogP contribution is -2.17. The van der Waals surface area contributed by atoms with Crippen LogP contribution in [0.5, 0.6) is 0 Å². The van der Waals surface area contributed by atoms with Crippen molar-refractivity contribution in [1.29, 1.82) is 0 Å². The summed E-state index contributed by atoms with van der Waals surface area (Å²) >= 11 is 1.47. The molecular formula is C9H18O3S. The Morgan fingerprint density at radius 1 is 1.62 bits per heavy atom. The van der Waals surface area contributed by atoms with Crippen molar-refractivity contribution in [2.45, 2.75) is 31.4 Å². The molecule has 0 aliphatic carbocycles. The number of carbonyl (C=O) groups is 1. The van der Waals surface area contributed by atoms with E-state index in [1.54, 1.807) is 7.11 Å². The third-order valence-corrected chi connectivity index (χ3v) is 2.94. The lowest BCUT2D eigenvalue weighted by molar-refractivity contribution is -0.136. The van der Waals surface area contributed by atoms with Crippen molar-refractivity contribution >= 4 is 17.7 Å². The van der Waals surface area contributed by atoms with Gasteiger partial charge in [-0.3, -0.25) is 4.79 Å². The molecule has 0 aromatic rings. The number of unbranched alkanes of at least 4 members (excludes halogenated alkanes) is 1. The Labute approximate surface area is 83.9 Å². The monoisotopic (exact) mass is 206 g/mol. The summed E-state index contributed by atoms with van der Waals surface area (Å²) in [6, 6.07) is 0. The Morgan fingerprint density at radius 2 is 2.31 bits per heavy atom. The van der Waals surface area contributed by atoms with E-state index in [4.69, 9.17) is 9.84 Å². The molecule has 0 aromatic heterocycles. The van der Waals surface area contributed by atoms with Gasteiger partial charge in [-0.25, -0.2) is 0 Å². The van der Waals surface area contributed by atoms with Crippen molar-refractivity contribution in [2.75, 3.05) is 19.5 Å². The number of rotatable bonds is 8. The van der Waals surface area contributed by atoms with Gasteiger partial charge < -0.3 is 9.84 Å². The highest BCUT2D eigenvalue weighted by Gasteiger charge is 2.16. The van der Waals surface area contributed by atoms with E-state index in [-0.39, 0.29) is 5.25 Å². The van der Waals surface area contributed by atoms with Crippen LogP contribution >= 0.6 is 11.8 Å². The average Bonchev–Trinajstić information content (AvgIpc) is 2.10. The highest BCUT2D eigenvalue weighted by molar-refractivity contribution is 8.00. The van der Waals surface area contributed by atoms with Crippen LogP contribution in [0.1, 0.15) is 26.2 Å². The molecule has 0 amide bonds. The maximum atomic E-state index is 10.7. The zero-order chi connectivity index (χ0) is 10.1. The van der Waals surface area contributed by atoms with Crippen molar-refractivity contribution in [3.8, 4) is 0 Å². The first kappa shape index (κ1) is 12.8. The summed E-state index contributed by atoms with van der Waals surface area (Å²) in [5.74, 6) is 0.0616. The van der Waals surface area contributed by atoms with Gasteiger partial charge >= 0.3 is 5.97 Å². The lowest BCUT2D eigenvalue weighted by Gasteiger charge is -2.10. The fraction of sp³-hybridized carbons (Fsp3) is 0.889. The molecule has 0 rings (SSSR count). The van der Waals surface area contributed by atoms with E-state index in [1.165, 1.54) is 11.8 Å². The van der Waals surface area contributed by atoms with Gasteiger partial charge in [-0.2, -0.15) is 0 Å². The molecule has 1 unspecified atom stereocenters. The molecule has 0 bridgehead atoms. The molecular weight excluding hydrogens is 188 g/mol. The van der Waals surface area contributed by atoms with Crippen LogP contribution in [0.4, 0.5) is 0 Å². The van der Waals surface area contributed by atoms with Gasteiger partial charge in [0, 0.05) is 12.9 Å². The standard InChI is InChI=1S/C9H18O3S/c1-3-4-5-8(9(10)11)13-7-6-12-2/h8H,3-7H2,1-2H3,(H,10,11). The molecule has 13 heavy (non-hydrogen) atoms. The first-order chi connectivity index (χ1) is 6.22. The largest absolute Gasteiger partial charge is 0.480 e. The summed E-state index contributed by atoms with van der Waals surface area (Å²) in [4.78, 5) is 10.7. The summed E-state index contributed by atoms with van der Waals surface area (Å²) in [5.41, 5.74) is 0. The normalized spacial score (nSPS) is 12.8. The second-order valence-corrected chi connectivity index (χ2v) is 4.14. The Balaban J connectivity index is 3.61. The molecule has 0 saturated heterocycles. The molecule has 1 N–H and O–H groups in total. The highest BCUT2D eigenvalue weighted by Crippen LogP contribution is 2.17. The Hall–Kier alpha value is -0.220. The lowest BCUT2D eigenvalue weighted by atomic mass is 10.2. The second-order valence-electron chi connectivity index (χ2n) is 2.83. The summed E-state index contributed by atoms with van der Waals surface area (Å²) < 4.78 is 4.86. The number of hydrogen-bond acceptors (Lipinski definition) is 3. The number of ether oxygens (including phenoxy) is 1. The van der Waals surface area contributed by atoms with E-state index in [1.807, 2.05) is 0 Å². The number of carboxylic acid groups (broad SMARTS) is 1. The van der Waals surface area contributed by atoms with Crippen LogP contribution in [0.25, 0.3) is 0 Å². The van der Waals surface area contributed by atoms with Gasteiger partial charge in [-0.05, 0) is 6.42 Å². The minimum atomic E-state index is -0.699. The molecule has 78 valence electrons. The number of aliphatic carboxylic acids is 1. The third-order valence-electron chi connectivity index (χ3n) is 1.70. The molecule has 0 saturated carbocycles. The predicted molar refractivity (Wildman–Crippen MR) is 55.3 cm³/mol. The summed E-state index contributed by atoms with van der Waals surface area (Å²) in [7, 11) is 1.63. The molecule has 0 radical (unpaired) electrons. The first-order valence-electron chi connectivity index (χ1n) is 4.55. The highest BCUT2D eigenvalue weighted by atomic mass is 32.2.